The van der Waals surface area contributed by atoms with Gasteiger partial charge >= 0.3 is 5.97 Å². The van der Waals surface area contributed by atoms with Crippen molar-refractivity contribution in [2.45, 2.75) is 6.92 Å². The minimum Gasteiger partial charge on any atom is -0.484 e. The second kappa shape index (κ2) is 8.26. The van der Waals surface area contributed by atoms with Crippen molar-refractivity contribution in [3.63, 3.8) is 0 Å². The van der Waals surface area contributed by atoms with Gasteiger partial charge in [0, 0.05) is 13.1 Å². The standard InChI is InChI=1S/C15H22N2O4/c1-12-4-6-13(7-5-12)21-11-14(18)17(10-15(19)20)9-8-16(2)3/h4-7H,8-11H2,1-3H3,(H,19,20). The van der Waals surface area contributed by atoms with Gasteiger partial charge in [-0.15, -0.1) is 0 Å². The van der Waals surface area contributed by atoms with Gasteiger partial charge in [0.25, 0.3) is 5.91 Å². The SMILES string of the molecule is Cc1ccc(OCC(=O)N(CCN(C)C)CC(=O)O)cc1. The number of likely N-dealkylation sites (N-methyl/N-ethyl adjacent to an activating group) is 1. The molecule has 0 heterocycles. The molecule has 0 spiro atoms. The molecule has 0 unspecified atom stereocenters. The van der Waals surface area contributed by atoms with E-state index in [1.807, 2.05) is 38.1 Å². The highest BCUT2D eigenvalue weighted by Crippen LogP contribution is 2.11. The largest absolute Gasteiger partial charge is 0.484 e. The lowest BCUT2D eigenvalue weighted by molar-refractivity contribution is -0.145. The number of nitrogens with zero attached hydrogens (tertiary/aromatic N) is 2. The maximum absolute atomic E-state index is 12.1. The maximum Gasteiger partial charge on any atom is 0.323 e. The van der Waals surface area contributed by atoms with Crippen LogP contribution >= 0.6 is 0 Å². The number of hydrogen-bond donors (Lipinski definition) is 1. The Kier molecular flexibility index (Phi) is 6.68. The molecule has 6 nitrogen and oxygen atoms in total. The summed E-state index contributed by atoms with van der Waals surface area (Å²) in [6, 6.07) is 7.34. The van der Waals surface area contributed by atoms with Gasteiger partial charge in [0.05, 0.1) is 0 Å². The van der Waals surface area contributed by atoms with Crippen molar-refractivity contribution in [3.8, 4) is 5.75 Å². The van der Waals surface area contributed by atoms with Crippen molar-refractivity contribution in [2.75, 3.05) is 40.3 Å². The summed E-state index contributed by atoms with van der Waals surface area (Å²) in [6.45, 7) is 2.44. The second-order valence-corrected chi connectivity index (χ2v) is 5.11. The molecule has 0 saturated heterocycles. The lowest BCUT2D eigenvalue weighted by Gasteiger charge is -2.22. The lowest BCUT2D eigenvalue weighted by Crippen LogP contribution is -2.42. The number of benzene rings is 1. The van der Waals surface area contributed by atoms with Crippen LogP contribution in [0.1, 0.15) is 5.56 Å². The molecule has 0 aromatic heterocycles. The topological polar surface area (TPSA) is 70.1 Å². The Hall–Kier alpha value is -2.08. The van der Waals surface area contributed by atoms with Gasteiger partial charge in [0.1, 0.15) is 12.3 Å². The number of rotatable bonds is 8. The van der Waals surface area contributed by atoms with E-state index in [0.29, 0.717) is 18.8 Å². The van der Waals surface area contributed by atoms with E-state index >= 15 is 0 Å². The molecule has 0 aliphatic carbocycles. The quantitative estimate of drug-likeness (QED) is 0.769. The third-order valence-corrected chi connectivity index (χ3v) is 2.88. The Morgan fingerprint density at radius 2 is 1.76 bits per heavy atom. The average molecular weight is 294 g/mol. The zero-order valence-electron chi connectivity index (χ0n) is 12.7. The number of hydrogen-bond acceptors (Lipinski definition) is 4. The molecule has 0 atom stereocenters. The minimum atomic E-state index is -1.03. The van der Waals surface area contributed by atoms with Gasteiger partial charge in [0.15, 0.2) is 6.61 Å². The van der Waals surface area contributed by atoms with Crippen molar-refractivity contribution in [1.82, 2.24) is 9.80 Å². The fraction of sp³-hybridized carbons (Fsp3) is 0.467. The molecule has 1 aromatic rings. The number of amides is 1. The molecule has 21 heavy (non-hydrogen) atoms. The van der Waals surface area contributed by atoms with E-state index in [1.54, 1.807) is 12.1 Å². The predicted molar refractivity (Wildman–Crippen MR) is 79.4 cm³/mol. The van der Waals surface area contributed by atoms with Gasteiger partial charge in [-0.1, -0.05) is 17.7 Å². The van der Waals surface area contributed by atoms with Crippen LogP contribution in [0.25, 0.3) is 0 Å². The van der Waals surface area contributed by atoms with Crippen LogP contribution in [0, 0.1) is 6.92 Å². The monoisotopic (exact) mass is 294 g/mol. The van der Waals surface area contributed by atoms with Crippen LogP contribution in [-0.2, 0) is 9.59 Å². The Morgan fingerprint density at radius 1 is 1.14 bits per heavy atom. The molecule has 0 bridgehead atoms. The number of carbonyl (C=O) groups is 2. The van der Waals surface area contributed by atoms with Crippen molar-refractivity contribution < 1.29 is 19.4 Å². The summed E-state index contributed by atoms with van der Waals surface area (Å²) in [7, 11) is 3.73. The smallest absolute Gasteiger partial charge is 0.323 e. The fourth-order valence-corrected chi connectivity index (χ4v) is 1.65. The van der Waals surface area contributed by atoms with Crippen LogP contribution in [-0.4, -0.2) is 67.1 Å². The summed E-state index contributed by atoms with van der Waals surface area (Å²) in [6.07, 6.45) is 0. The van der Waals surface area contributed by atoms with E-state index in [0.717, 1.165) is 5.56 Å². The number of aliphatic carboxylic acids is 1. The molecule has 116 valence electrons. The summed E-state index contributed by atoms with van der Waals surface area (Å²) < 4.78 is 5.39. The van der Waals surface area contributed by atoms with Crippen LogP contribution in [0.3, 0.4) is 0 Å². The molecular formula is C15H22N2O4. The highest BCUT2D eigenvalue weighted by molar-refractivity contribution is 5.82. The van der Waals surface area contributed by atoms with Gasteiger partial charge in [-0.25, -0.2) is 0 Å². The number of carbonyl (C=O) groups excluding carboxylic acids is 1. The highest BCUT2D eigenvalue weighted by Gasteiger charge is 2.17. The Bertz CT molecular complexity index is 471. The van der Waals surface area contributed by atoms with E-state index in [2.05, 4.69) is 0 Å². The summed E-state index contributed by atoms with van der Waals surface area (Å²) in [5.74, 6) is -0.769. The van der Waals surface area contributed by atoms with E-state index in [4.69, 9.17) is 9.84 Å². The molecule has 0 saturated carbocycles. The fourth-order valence-electron chi connectivity index (χ4n) is 1.65. The summed E-state index contributed by atoms with van der Waals surface area (Å²) >= 11 is 0. The first-order valence-electron chi connectivity index (χ1n) is 6.72. The summed E-state index contributed by atoms with van der Waals surface area (Å²) in [5.41, 5.74) is 1.10. The van der Waals surface area contributed by atoms with E-state index in [1.165, 1.54) is 4.90 Å². The first kappa shape index (κ1) is 17.0. The number of carboxylic acids is 1. The Labute approximate surface area is 124 Å². The van der Waals surface area contributed by atoms with E-state index < -0.39 is 5.97 Å². The van der Waals surface area contributed by atoms with Gasteiger partial charge in [-0.2, -0.15) is 0 Å². The van der Waals surface area contributed by atoms with E-state index in [9.17, 15) is 9.59 Å². The number of carboxylic acid groups (broad SMARTS) is 1. The second-order valence-electron chi connectivity index (χ2n) is 5.11. The number of ether oxygens (including phenoxy) is 1. The van der Waals surface area contributed by atoms with Crippen LogP contribution in [0.5, 0.6) is 5.75 Å². The molecule has 0 fully saturated rings. The summed E-state index contributed by atoms with van der Waals surface area (Å²) in [5, 5.41) is 8.87. The average Bonchev–Trinajstić information content (AvgIpc) is 2.42. The molecule has 0 aliphatic rings. The summed E-state index contributed by atoms with van der Waals surface area (Å²) in [4.78, 5) is 26.1. The molecule has 1 amide bonds. The minimum absolute atomic E-state index is 0.163. The van der Waals surface area contributed by atoms with Crippen LogP contribution < -0.4 is 4.74 Å². The Morgan fingerprint density at radius 3 is 2.29 bits per heavy atom. The molecule has 1 rings (SSSR count). The van der Waals surface area contributed by atoms with Gasteiger partial charge in [-0.3, -0.25) is 9.59 Å². The normalized spacial score (nSPS) is 10.5. The van der Waals surface area contributed by atoms with Crippen molar-refractivity contribution in [1.29, 1.82) is 0 Å². The molecule has 0 aliphatic heterocycles. The Balaban J connectivity index is 2.54. The molecule has 1 N–H and O–H groups in total. The lowest BCUT2D eigenvalue weighted by atomic mass is 10.2. The first-order valence-corrected chi connectivity index (χ1v) is 6.72. The molecule has 6 heteroatoms. The highest BCUT2D eigenvalue weighted by atomic mass is 16.5. The van der Waals surface area contributed by atoms with Crippen LogP contribution in [0.4, 0.5) is 0 Å². The molecule has 0 radical (unpaired) electrons. The third-order valence-electron chi connectivity index (χ3n) is 2.88. The first-order chi connectivity index (χ1) is 9.88. The van der Waals surface area contributed by atoms with Crippen LogP contribution in [0.2, 0.25) is 0 Å². The van der Waals surface area contributed by atoms with Crippen LogP contribution in [0.15, 0.2) is 24.3 Å². The zero-order valence-corrected chi connectivity index (χ0v) is 12.7. The maximum atomic E-state index is 12.1. The zero-order chi connectivity index (χ0) is 15.8. The van der Waals surface area contributed by atoms with Gasteiger partial charge in [-0.05, 0) is 33.2 Å². The number of aryl methyl sites for hydroxylation is 1. The van der Waals surface area contributed by atoms with Gasteiger partial charge in [0.2, 0.25) is 0 Å². The van der Waals surface area contributed by atoms with E-state index in [-0.39, 0.29) is 19.1 Å². The van der Waals surface area contributed by atoms with Crippen molar-refractivity contribution in [2.24, 2.45) is 0 Å². The molecule has 1 aromatic carbocycles. The van der Waals surface area contributed by atoms with Crippen molar-refractivity contribution in [3.05, 3.63) is 29.8 Å². The third kappa shape index (κ3) is 6.76. The van der Waals surface area contributed by atoms with Gasteiger partial charge < -0.3 is 19.6 Å². The molecular weight excluding hydrogens is 272 g/mol. The predicted octanol–water partition coefficient (Wildman–Crippen LogP) is 0.849. The van der Waals surface area contributed by atoms with Crippen molar-refractivity contribution >= 4 is 11.9 Å².